The van der Waals surface area contributed by atoms with Crippen LogP contribution in [0.4, 0.5) is 0 Å². The zero-order valence-corrected chi connectivity index (χ0v) is 13.0. The van der Waals surface area contributed by atoms with Crippen molar-refractivity contribution in [2.45, 2.75) is 26.2 Å². The van der Waals surface area contributed by atoms with Crippen LogP contribution in [-0.4, -0.2) is 23.7 Å². The predicted molar refractivity (Wildman–Crippen MR) is 91.6 cm³/mol. The van der Waals surface area contributed by atoms with E-state index in [2.05, 4.69) is 53.4 Å². The number of aliphatic imine (C=N–C) groups is 1. The standard InChI is InChI=1S/C19H24N2/c1-5-19(20-13-15(2)3)16(4)21-12-11-18(14-21)17-9-7-6-8-10-17/h5-10,13,18H,1,4,11-12,14H2,2-3H3. The average Bonchev–Trinajstić information content (AvgIpc) is 2.98. The molecule has 1 aromatic carbocycles. The van der Waals surface area contributed by atoms with Crippen LogP contribution in [-0.2, 0) is 0 Å². The molecule has 2 heteroatoms. The average molecular weight is 280 g/mol. The van der Waals surface area contributed by atoms with Crippen LogP contribution in [0.25, 0.3) is 0 Å². The van der Waals surface area contributed by atoms with E-state index >= 15 is 0 Å². The maximum absolute atomic E-state index is 4.48. The summed E-state index contributed by atoms with van der Waals surface area (Å²) in [5.41, 5.74) is 4.42. The summed E-state index contributed by atoms with van der Waals surface area (Å²) in [5, 5.41) is 0. The molecule has 1 aromatic rings. The smallest absolute Gasteiger partial charge is 0.0850 e. The minimum absolute atomic E-state index is 0.581. The highest BCUT2D eigenvalue weighted by atomic mass is 15.2. The Balaban J connectivity index is 2.07. The molecule has 1 fully saturated rings. The number of rotatable bonds is 5. The van der Waals surface area contributed by atoms with E-state index in [1.54, 1.807) is 6.08 Å². The van der Waals surface area contributed by atoms with Crippen molar-refractivity contribution in [1.29, 1.82) is 0 Å². The second-order valence-corrected chi connectivity index (χ2v) is 5.71. The Hall–Kier alpha value is -2.09. The second kappa shape index (κ2) is 7.07. The number of likely N-dealkylation sites (tertiary alicyclic amines) is 1. The van der Waals surface area contributed by atoms with Gasteiger partial charge in [0.25, 0.3) is 0 Å². The number of benzene rings is 1. The normalized spacial score (nSPS) is 18.5. The van der Waals surface area contributed by atoms with Gasteiger partial charge in [-0.15, -0.1) is 0 Å². The quantitative estimate of drug-likeness (QED) is 0.723. The molecule has 1 aliphatic rings. The van der Waals surface area contributed by atoms with Crippen LogP contribution >= 0.6 is 0 Å². The molecule has 2 nitrogen and oxygen atoms in total. The van der Waals surface area contributed by atoms with E-state index in [0.29, 0.717) is 5.92 Å². The van der Waals surface area contributed by atoms with Crippen LogP contribution in [0.2, 0.25) is 0 Å². The first-order valence-electron chi connectivity index (χ1n) is 7.44. The molecule has 21 heavy (non-hydrogen) atoms. The highest BCUT2D eigenvalue weighted by Crippen LogP contribution is 2.29. The molecule has 0 bridgehead atoms. The molecule has 1 unspecified atom stereocenters. The van der Waals surface area contributed by atoms with Crippen LogP contribution < -0.4 is 0 Å². The van der Waals surface area contributed by atoms with Gasteiger partial charge in [0.15, 0.2) is 0 Å². The van der Waals surface area contributed by atoms with Crippen molar-refractivity contribution in [3.8, 4) is 0 Å². The summed E-state index contributed by atoms with van der Waals surface area (Å²) in [6.07, 6.45) is 4.82. The molecule has 1 aliphatic heterocycles. The monoisotopic (exact) mass is 280 g/mol. The molecular weight excluding hydrogens is 256 g/mol. The maximum atomic E-state index is 4.48. The van der Waals surface area contributed by atoms with Crippen molar-refractivity contribution in [3.05, 3.63) is 72.6 Å². The van der Waals surface area contributed by atoms with E-state index in [9.17, 15) is 0 Å². The third kappa shape index (κ3) is 3.94. The van der Waals surface area contributed by atoms with Gasteiger partial charge in [0.05, 0.1) is 11.4 Å². The van der Waals surface area contributed by atoms with Gasteiger partial charge in [0, 0.05) is 25.2 Å². The minimum atomic E-state index is 0.581. The first-order chi connectivity index (χ1) is 10.1. The number of hydrogen-bond donors (Lipinski definition) is 0. The minimum Gasteiger partial charge on any atom is -0.370 e. The molecule has 0 aromatic heterocycles. The molecule has 0 N–H and O–H groups in total. The molecule has 0 aliphatic carbocycles. The fourth-order valence-corrected chi connectivity index (χ4v) is 2.61. The summed E-state index contributed by atoms with van der Waals surface area (Å²) in [6.45, 7) is 14.2. The van der Waals surface area contributed by atoms with Crippen molar-refractivity contribution < 1.29 is 0 Å². The zero-order chi connectivity index (χ0) is 15.2. The van der Waals surface area contributed by atoms with E-state index in [4.69, 9.17) is 0 Å². The highest BCUT2D eigenvalue weighted by molar-refractivity contribution is 6.07. The van der Waals surface area contributed by atoms with Gasteiger partial charge in [-0.2, -0.15) is 0 Å². The summed E-state index contributed by atoms with van der Waals surface area (Å²) < 4.78 is 0. The van der Waals surface area contributed by atoms with Gasteiger partial charge in [0.2, 0.25) is 0 Å². The summed E-state index contributed by atoms with van der Waals surface area (Å²) in [7, 11) is 0. The number of allylic oxidation sites excluding steroid dienone is 2. The number of hydrogen-bond acceptors (Lipinski definition) is 2. The Bertz CT molecular complexity index is 562. The Labute approximate surface area is 128 Å². The summed E-state index contributed by atoms with van der Waals surface area (Å²) in [5.74, 6) is 0.581. The highest BCUT2D eigenvalue weighted by Gasteiger charge is 2.25. The van der Waals surface area contributed by atoms with Crippen molar-refractivity contribution >= 4 is 5.71 Å². The molecule has 0 amide bonds. The lowest BCUT2D eigenvalue weighted by molar-refractivity contribution is 0.443. The molecule has 1 saturated heterocycles. The largest absolute Gasteiger partial charge is 0.370 e. The van der Waals surface area contributed by atoms with Gasteiger partial charge >= 0.3 is 0 Å². The zero-order valence-electron chi connectivity index (χ0n) is 13.0. The summed E-state index contributed by atoms with van der Waals surface area (Å²) in [6, 6.07) is 10.7. The first kappa shape index (κ1) is 15.3. The van der Waals surface area contributed by atoms with Gasteiger partial charge in [-0.1, -0.05) is 49.1 Å². The fraction of sp³-hybridized carbons (Fsp3) is 0.316. The van der Waals surface area contributed by atoms with Crippen LogP contribution in [0.5, 0.6) is 0 Å². The van der Waals surface area contributed by atoms with Gasteiger partial charge < -0.3 is 4.90 Å². The van der Waals surface area contributed by atoms with Crippen molar-refractivity contribution in [2.24, 2.45) is 4.99 Å². The Morgan fingerprint density at radius 3 is 2.62 bits per heavy atom. The van der Waals surface area contributed by atoms with Gasteiger partial charge in [-0.05, 0) is 31.9 Å². The molecule has 1 atom stereocenters. The molecule has 110 valence electrons. The molecule has 0 radical (unpaired) electrons. The Morgan fingerprint density at radius 2 is 2.00 bits per heavy atom. The third-order valence-corrected chi connectivity index (χ3v) is 3.79. The maximum Gasteiger partial charge on any atom is 0.0850 e. The summed E-state index contributed by atoms with van der Waals surface area (Å²) >= 11 is 0. The van der Waals surface area contributed by atoms with E-state index in [1.807, 2.05) is 20.0 Å². The third-order valence-electron chi connectivity index (χ3n) is 3.79. The molecule has 0 spiro atoms. The van der Waals surface area contributed by atoms with Crippen molar-refractivity contribution in [3.63, 3.8) is 0 Å². The van der Waals surface area contributed by atoms with Crippen LogP contribution in [0, 0.1) is 0 Å². The lowest BCUT2D eigenvalue weighted by Gasteiger charge is -2.21. The number of nitrogens with zero attached hydrogens (tertiary/aromatic N) is 2. The van der Waals surface area contributed by atoms with Crippen LogP contribution in [0.3, 0.4) is 0 Å². The van der Waals surface area contributed by atoms with Crippen molar-refractivity contribution in [2.75, 3.05) is 13.1 Å². The SMILES string of the molecule is C=CC(=NC=C(C)C)C(=C)N1CCC(c2ccccc2)C1. The first-order valence-corrected chi connectivity index (χ1v) is 7.44. The topological polar surface area (TPSA) is 15.6 Å². The molecule has 0 saturated carbocycles. The van der Waals surface area contributed by atoms with Crippen LogP contribution in [0.1, 0.15) is 31.7 Å². The van der Waals surface area contributed by atoms with E-state index in [0.717, 1.165) is 30.9 Å². The van der Waals surface area contributed by atoms with Gasteiger partial charge in [-0.25, -0.2) is 0 Å². The Morgan fingerprint density at radius 1 is 1.29 bits per heavy atom. The van der Waals surface area contributed by atoms with E-state index in [-0.39, 0.29) is 0 Å². The fourth-order valence-electron chi connectivity index (χ4n) is 2.61. The van der Waals surface area contributed by atoms with E-state index in [1.165, 1.54) is 11.1 Å². The lowest BCUT2D eigenvalue weighted by atomic mass is 9.99. The van der Waals surface area contributed by atoms with Gasteiger partial charge in [-0.3, -0.25) is 4.99 Å². The Kier molecular flexibility index (Phi) is 5.15. The lowest BCUT2D eigenvalue weighted by Crippen LogP contribution is -2.23. The molecule has 2 rings (SSSR count). The molecular formula is C19H24N2. The van der Waals surface area contributed by atoms with E-state index < -0.39 is 0 Å². The van der Waals surface area contributed by atoms with Crippen LogP contribution in [0.15, 0.2) is 72.0 Å². The van der Waals surface area contributed by atoms with Crippen molar-refractivity contribution in [1.82, 2.24) is 4.90 Å². The molecule has 1 heterocycles. The second-order valence-electron chi connectivity index (χ2n) is 5.71. The summed E-state index contributed by atoms with van der Waals surface area (Å²) in [4.78, 5) is 6.80. The van der Waals surface area contributed by atoms with Gasteiger partial charge in [0.1, 0.15) is 0 Å². The predicted octanol–water partition coefficient (Wildman–Crippen LogP) is 4.54.